The maximum atomic E-state index is 10.1. The molecule has 102 valence electrons. The Balaban J connectivity index is 2.72. The van der Waals surface area contributed by atoms with Gasteiger partial charge in [0, 0.05) is 18.7 Å². The molecule has 1 aromatic rings. The first-order chi connectivity index (χ1) is 8.58. The molecule has 0 spiro atoms. The minimum absolute atomic E-state index is 0.342. The molecule has 18 heavy (non-hydrogen) atoms. The molecule has 0 saturated heterocycles. The van der Waals surface area contributed by atoms with Gasteiger partial charge < -0.3 is 25.0 Å². The van der Waals surface area contributed by atoms with Gasteiger partial charge in [-0.25, -0.2) is 0 Å². The summed E-state index contributed by atoms with van der Waals surface area (Å²) in [5, 5.41) is 22.2. The number of methoxy groups -OCH3 is 2. The zero-order valence-corrected chi connectivity index (χ0v) is 11.0. The maximum absolute atomic E-state index is 10.1. The molecule has 0 amide bonds. The predicted octanol–water partition coefficient (Wildman–Crippen LogP) is 0.708. The summed E-state index contributed by atoms with van der Waals surface area (Å²) in [4.78, 5) is 0. The van der Waals surface area contributed by atoms with Gasteiger partial charge in [0.2, 0.25) is 0 Å². The van der Waals surface area contributed by atoms with E-state index in [1.807, 2.05) is 0 Å². The second-order valence-corrected chi connectivity index (χ2v) is 4.13. The lowest BCUT2D eigenvalue weighted by atomic mass is 10.1. The molecular formula is C13H21NO4. The molecule has 0 radical (unpaired) electrons. The van der Waals surface area contributed by atoms with Crippen LogP contribution in [0.4, 0.5) is 0 Å². The summed E-state index contributed by atoms with van der Waals surface area (Å²) in [6.07, 6.45) is -1.15. The number of nitrogens with one attached hydrogen (secondary N) is 1. The van der Waals surface area contributed by atoms with Crippen molar-refractivity contribution in [3.05, 3.63) is 23.8 Å². The van der Waals surface area contributed by atoms with E-state index in [1.54, 1.807) is 39.3 Å². The minimum atomic E-state index is -0.714. The Morgan fingerprint density at radius 3 is 2.44 bits per heavy atom. The van der Waals surface area contributed by atoms with Crippen molar-refractivity contribution < 1.29 is 19.7 Å². The van der Waals surface area contributed by atoms with Gasteiger partial charge in [-0.2, -0.15) is 0 Å². The van der Waals surface area contributed by atoms with Gasteiger partial charge >= 0.3 is 0 Å². The number of hydrogen-bond acceptors (Lipinski definition) is 5. The van der Waals surface area contributed by atoms with E-state index in [0.717, 1.165) is 0 Å². The summed E-state index contributed by atoms with van der Waals surface area (Å²) in [5.41, 5.74) is 0.662. The molecule has 0 heterocycles. The maximum Gasteiger partial charge on any atom is 0.124 e. The summed E-state index contributed by atoms with van der Waals surface area (Å²) in [5.74, 6) is 1.28. The molecular weight excluding hydrogens is 234 g/mol. The lowest BCUT2D eigenvalue weighted by Gasteiger charge is -2.17. The van der Waals surface area contributed by atoms with Crippen LogP contribution in [0.1, 0.15) is 18.6 Å². The quantitative estimate of drug-likeness (QED) is 0.669. The van der Waals surface area contributed by atoms with Gasteiger partial charge in [-0.3, -0.25) is 0 Å². The third-order valence-electron chi connectivity index (χ3n) is 2.57. The topological polar surface area (TPSA) is 71.0 Å². The molecule has 0 bridgehead atoms. The lowest BCUT2D eigenvalue weighted by Crippen LogP contribution is -2.28. The molecule has 3 N–H and O–H groups in total. The van der Waals surface area contributed by atoms with Gasteiger partial charge in [0.1, 0.15) is 11.5 Å². The molecule has 0 fully saturated rings. The Kier molecular flexibility index (Phi) is 5.91. The van der Waals surface area contributed by atoms with Crippen molar-refractivity contribution in [1.82, 2.24) is 5.32 Å². The van der Waals surface area contributed by atoms with Gasteiger partial charge in [0.25, 0.3) is 0 Å². The van der Waals surface area contributed by atoms with E-state index in [2.05, 4.69) is 5.32 Å². The first kappa shape index (κ1) is 14.8. The molecule has 1 rings (SSSR count). The second-order valence-electron chi connectivity index (χ2n) is 4.13. The fourth-order valence-electron chi connectivity index (χ4n) is 1.64. The largest absolute Gasteiger partial charge is 0.497 e. The number of aliphatic hydroxyl groups excluding tert-OH is 2. The number of benzene rings is 1. The van der Waals surface area contributed by atoms with Crippen molar-refractivity contribution in [3.8, 4) is 11.5 Å². The van der Waals surface area contributed by atoms with Crippen LogP contribution >= 0.6 is 0 Å². The summed E-state index contributed by atoms with van der Waals surface area (Å²) in [6, 6.07) is 5.28. The van der Waals surface area contributed by atoms with E-state index in [1.165, 1.54) is 0 Å². The highest BCUT2D eigenvalue weighted by atomic mass is 16.5. The smallest absolute Gasteiger partial charge is 0.124 e. The van der Waals surface area contributed by atoms with Crippen LogP contribution in [0.15, 0.2) is 18.2 Å². The van der Waals surface area contributed by atoms with Crippen LogP contribution in [-0.2, 0) is 0 Å². The van der Waals surface area contributed by atoms with Gasteiger partial charge in [-0.05, 0) is 25.1 Å². The molecule has 0 aliphatic heterocycles. The SMILES string of the molecule is COc1ccc(OC)c(C(O)CNCC(C)O)c1. The monoisotopic (exact) mass is 255 g/mol. The highest BCUT2D eigenvalue weighted by Gasteiger charge is 2.14. The molecule has 0 aliphatic carbocycles. The average Bonchev–Trinajstić information content (AvgIpc) is 2.37. The van der Waals surface area contributed by atoms with Gasteiger partial charge in [0.15, 0.2) is 0 Å². The molecule has 1 aromatic carbocycles. The Labute approximate surface area is 107 Å². The lowest BCUT2D eigenvalue weighted by molar-refractivity contribution is 0.152. The highest BCUT2D eigenvalue weighted by Crippen LogP contribution is 2.28. The fourth-order valence-corrected chi connectivity index (χ4v) is 1.64. The van der Waals surface area contributed by atoms with Gasteiger partial charge in [0.05, 0.1) is 26.4 Å². The second kappa shape index (κ2) is 7.20. The third kappa shape index (κ3) is 4.18. The summed E-state index contributed by atoms with van der Waals surface area (Å²) < 4.78 is 10.3. The Morgan fingerprint density at radius 2 is 1.89 bits per heavy atom. The van der Waals surface area contributed by atoms with Crippen LogP contribution in [0.25, 0.3) is 0 Å². The summed E-state index contributed by atoms with van der Waals surface area (Å²) in [7, 11) is 3.13. The average molecular weight is 255 g/mol. The van der Waals surface area contributed by atoms with Crippen LogP contribution in [-0.4, -0.2) is 43.6 Å². The summed E-state index contributed by atoms with van der Waals surface area (Å²) >= 11 is 0. The van der Waals surface area contributed by atoms with E-state index in [0.29, 0.717) is 30.2 Å². The number of hydrogen-bond donors (Lipinski definition) is 3. The Bertz CT molecular complexity index is 368. The number of rotatable bonds is 7. The Morgan fingerprint density at radius 1 is 1.17 bits per heavy atom. The molecule has 0 aromatic heterocycles. The van der Waals surface area contributed by atoms with Crippen molar-refractivity contribution in [3.63, 3.8) is 0 Å². The third-order valence-corrected chi connectivity index (χ3v) is 2.57. The van der Waals surface area contributed by atoms with E-state index in [4.69, 9.17) is 14.6 Å². The number of aliphatic hydroxyl groups is 2. The van der Waals surface area contributed by atoms with E-state index < -0.39 is 12.2 Å². The van der Waals surface area contributed by atoms with E-state index in [9.17, 15) is 5.11 Å². The van der Waals surface area contributed by atoms with Crippen LogP contribution in [0, 0.1) is 0 Å². The van der Waals surface area contributed by atoms with Crippen molar-refractivity contribution in [2.45, 2.75) is 19.1 Å². The minimum Gasteiger partial charge on any atom is -0.497 e. The van der Waals surface area contributed by atoms with Crippen molar-refractivity contribution in [2.24, 2.45) is 0 Å². The van der Waals surface area contributed by atoms with Crippen molar-refractivity contribution in [2.75, 3.05) is 27.3 Å². The van der Waals surface area contributed by atoms with Crippen LogP contribution in [0.2, 0.25) is 0 Å². The van der Waals surface area contributed by atoms with E-state index >= 15 is 0 Å². The molecule has 5 nitrogen and oxygen atoms in total. The first-order valence-electron chi connectivity index (χ1n) is 5.87. The zero-order chi connectivity index (χ0) is 13.5. The van der Waals surface area contributed by atoms with Crippen molar-refractivity contribution in [1.29, 1.82) is 0 Å². The van der Waals surface area contributed by atoms with Crippen molar-refractivity contribution >= 4 is 0 Å². The predicted molar refractivity (Wildman–Crippen MR) is 69.1 cm³/mol. The Hall–Kier alpha value is -1.30. The van der Waals surface area contributed by atoms with Gasteiger partial charge in [-0.1, -0.05) is 0 Å². The van der Waals surface area contributed by atoms with Gasteiger partial charge in [-0.15, -0.1) is 0 Å². The van der Waals surface area contributed by atoms with Crippen LogP contribution in [0.3, 0.4) is 0 Å². The molecule has 2 atom stereocenters. The summed E-state index contributed by atoms with van der Waals surface area (Å²) in [6.45, 7) is 2.46. The zero-order valence-electron chi connectivity index (χ0n) is 11.0. The van der Waals surface area contributed by atoms with Crippen LogP contribution in [0.5, 0.6) is 11.5 Å². The fraction of sp³-hybridized carbons (Fsp3) is 0.538. The normalized spacial score (nSPS) is 14.1. The highest BCUT2D eigenvalue weighted by molar-refractivity contribution is 5.41. The number of ether oxygens (including phenoxy) is 2. The first-order valence-corrected chi connectivity index (χ1v) is 5.87. The van der Waals surface area contributed by atoms with E-state index in [-0.39, 0.29) is 0 Å². The molecule has 0 saturated carbocycles. The molecule has 0 aliphatic rings. The molecule has 5 heteroatoms. The standard InChI is InChI=1S/C13H21NO4/c1-9(15)7-14-8-12(16)11-6-10(17-2)4-5-13(11)18-3/h4-6,9,12,14-16H,7-8H2,1-3H3. The van der Waals surface area contributed by atoms with Crippen LogP contribution < -0.4 is 14.8 Å². The molecule has 2 unspecified atom stereocenters.